The number of nitrogens with two attached hydrogens (primary N) is 1. The number of quaternary nitrogens is 2. The van der Waals surface area contributed by atoms with Gasteiger partial charge in [0.2, 0.25) is 5.82 Å². The molecule has 3 amide bonds. The van der Waals surface area contributed by atoms with Gasteiger partial charge in [0.05, 0.1) is 19.2 Å². The molecule has 2 heterocycles. The molecule has 2 rings (SSSR count). The molecule has 0 aromatic rings. The molecule has 3 N–H and O–H groups in total. The largest absolute Gasteiger partial charge is 0.519 e. The number of likely N-dealkylation sites (N-methyl/N-ethyl adjacent to an activating group) is 1. The first kappa shape index (κ1) is 24.3. The van der Waals surface area contributed by atoms with Crippen molar-refractivity contribution in [1.29, 1.82) is 0 Å². The van der Waals surface area contributed by atoms with Crippen LogP contribution >= 0.6 is 0 Å². The fourth-order valence-corrected chi connectivity index (χ4v) is 3.73. The van der Waals surface area contributed by atoms with Crippen molar-refractivity contribution < 1.29 is 38.4 Å². The highest BCUT2D eigenvalue weighted by Gasteiger charge is 2.56. The molecule has 2 atom stereocenters. The minimum Gasteiger partial charge on any atom is -0.420 e. The molecule has 0 saturated carbocycles. The van der Waals surface area contributed by atoms with E-state index in [2.05, 4.69) is 5.32 Å². The number of likely N-dealkylation sites (tertiary alicyclic amines) is 1. The molecular formula is C21H37N3O6+2. The summed E-state index contributed by atoms with van der Waals surface area (Å²) in [5.41, 5.74) is -0.304. The van der Waals surface area contributed by atoms with Gasteiger partial charge in [0, 0.05) is 13.0 Å². The van der Waals surface area contributed by atoms with Crippen LogP contribution in [0.4, 0.5) is 9.59 Å². The fourth-order valence-electron chi connectivity index (χ4n) is 3.73. The summed E-state index contributed by atoms with van der Waals surface area (Å²) in [7, 11) is 1.82. The van der Waals surface area contributed by atoms with E-state index in [0.29, 0.717) is 31.8 Å². The van der Waals surface area contributed by atoms with Gasteiger partial charge in [0.15, 0.2) is 0 Å². The van der Waals surface area contributed by atoms with Crippen molar-refractivity contribution >= 4 is 18.1 Å². The highest BCUT2D eigenvalue weighted by Crippen LogP contribution is 2.40. The van der Waals surface area contributed by atoms with E-state index in [4.69, 9.17) is 14.2 Å². The molecule has 2 aliphatic heterocycles. The van der Waals surface area contributed by atoms with Crippen LogP contribution < -0.4 is 10.6 Å². The minimum atomic E-state index is -0.616. The van der Waals surface area contributed by atoms with Gasteiger partial charge in [-0.15, -0.1) is 0 Å². The topological polar surface area (TPSA) is 108 Å². The molecule has 9 heteroatoms. The molecule has 9 nitrogen and oxygen atoms in total. The Morgan fingerprint density at radius 2 is 1.97 bits per heavy atom. The maximum absolute atomic E-state index is 13.0. The third-order valence-electron chi connectivity index (χ3n) is 5.70. The third kappa shape index (κ3) is 5.59. The maximum atomic E-state index is 13.0. The van der Waals surface area contributed by atoms with Crippen molar-refractivity contribution in [3.05, 3.63) is 11.4 Å². The zero-order valence-electron chi connectivity index (χ0n) is 19.3. The molecule has 2 saturated heterocycles. The average Bonchev–Trinajstić information content (AvgIpc) is 3.20. The summed E-state index contributed by atoms with van der Waals surface area (Å²) in [6.07, 6.45) is 0.571. The first-order chi connectivity index (χ1) is 13.8. The number of rotatable bonds is 4. The normalized spacial score (nSPS) is 27.5. The Kier molecular flexibility index (Phi) is 7.32. The van der Waals surface area contributed by atoms with Crippen LogP contribution in [0.1, 0.15) is 60.8 Å². The lowest BCUT2D eigenvalue weighted by molar-refractivity contribution is -0.872. The number of primary amides is 1. The van der Waals surface area contributed by atoms with Gasteiger partial charge in [-0.3, -0.25) is 10.1 Å². The Morgan fingerprint density at radius 1 is 1.30 bits per heavy atom. The zero-order chi connectivity index (χ0) is 22.7. The summed E-state index contributed by atoms with van der Waals surface area (Å²) in [6, 6.07) is 0. The summed E-state index contributed by atoms with van der Waals surface area (Å²) in [6.45, 7) is 12.3. The van der Waals surface area contributed by atoms with Crippen LogP contribution in [0.2, 0.25) is 0 Å². The SMILES string of the molecule is CCOC(=O)[NH2+]C(NC(=O)C1CCCO1)=C1CC(C)(C)[N+](C)(C(=O)OC(C)(C)C)C1. The molecule has 0 radical (unpaired) electrons. The second kappa shape index (κ2) is 9.03. The van der Waals surface area contributed by atoms with E-state index in [1.807, 2.05) is 41.7 Å². The van der Waals surface area contributed by atoms with E-state index in [-0.39, 0.29) is 23.1 Å². The van der Waals surface area contributed by atoms with Crippen LogP contribution in [-0.4, -0.2) is 66.6 Å². The molecule has 30 heavy (non-hydrogen) atoms. The van der Waals surface area contributed by atoms with Crippen LogP contribution in [0.25, 0.3) is 0 Å². The standard InChI is InChI=1S/C21H35N3O6/c1-8-28-18(26)23-16(22-17(25)15-10-9-11-29-15)14-12-21(5,6)24(7,13-14)19(27)30-20(2,3)4/h15H,8-13H2,1-7H3,(H-,22,23,25,26)/p+2. The Labute approximate surface area is 178 Å². The third-order valence-corrected chi connectivity index (χ3v) is 5.70. The number of nitrogens with zero attached hydrogens (tertiary/aromatic N) is 1. The molecule has 0 bridgehead atoms. The molecule has 2 unspecified atom stereocenters. The Morgan fingerprint density at radius 3 is 2.50 bits per heavy atom. The number of amides is 3. The number of hydrogen-bond acceptors (Lipinski definition) is 6. The lowest BCUT2D eigenvalue weighted by Crippen LogP contribution is -2.89. The Balaban J connectivity index is 2.33. The second-order valence-electron chi connectivity index (χ2n) is 9.72. The molecule has 0 spiro atoms. The number of carbonyl (C=O) groups is 3. The molecule has 2 aliphatic rings. The molecular weight excluding hydrogens is 390 g/mol. The number of ether oxygens (including phenoxy) is 3. The monoisotopic (exact) mass is 427 g/mol. The van der Waals surface area contributed by atoms with E-state index < -0.39 is 23.3 Å². The predicted octanol–water partition coefficient (Wildman–Crippen LogP) is 1.78. The molecule has 0 aromatic heterocycles. The van der Waals surface area contributed by atoms with E-state index >= 15 is 0 Å². The molecule has 2 fully saturated rings. The van der Waals surface area contributed by atoms with Gasteiger partial charge in [-0.25, -0.2) is 4.48 Å². The van der Waals surface area contributed by atoms with Gasteiger partial charge in [-0.2, -0.15) is 14.9 Å². The first-order valence-corrected chi connectivity index (χ1v) is 10.5. The van der Waals surface area contributed by atoms with Gasteiger partial charge < -0.3 is 14.2 Å². The van der Waals surface area contributed by atoms with Crippen molar-refractivity contribution in [3.8, 4) is 0 Å². The van der Waals surface area contributed by atoms with Crippen LogP contribution in [0.3, 0.4) is 0 Å². The number of carbonyl (C=O) groups excluding carboxylic acids is 3. The van der Waals surface area contributed by atoms with Crippen molar-refractivity contribution in [2.24, 2.45) is 0 Å². The summed E-state index contributed by atoms with van der Waals surface area (Å²) >= 11 is 0. The minimum absolute atomic E-state index is 0.00949. The van der Waals surface area contributed by atoms with Gasteiger partial charge >= 0.3 is 12.2 Å². The average molecular weight is 428 g/mol. The van der Waals surface area contributed by atoms with Gasteiger partial charge in [0.25, 0.3) is 5.91 Å². The predicted molar refractivity (Wildman–Crippen MR) is 109 cm³/mol. The van der Waals surface area contributed by atoms with Crippen molar-refractivity contribution in [1.82, 2.24) is 5.32 Å². The molecule has 0 aromatic carbocycles. The lowest BCUT2D eigenvalue weighted by Gasteiger charge is -2.38. The van der Waals surface area contributed by atoms with E-state index in [1.54, 1.807) is 6.92 Å². The highest BCUT2D eigenvalue weighted by atomic mass is 16.6. The summed E-state index contributed by atoms with van der Waals surface area (Å²) in [5.74, 6) is 0.0964. The van der Waals surface area contributed by atoms with Crippen molar-refractivity contribution in [2.45, 2.75) is 78.0 Å². The number of nitrogens with one attached hydrogen (secondary N) is 1. The Bertz CT molecular complexity index is 719. The summed E-state index contributed by atoms with van der Waals surface area (Å²) in [5, 5.41) is 4.15. The fraction of sp³-hybridized carbons (Fsp3) is 0.762. The van der Waals surface area contributed by atoms with E-state index in [0.717, 1.165) is 12.0 Å². The first-order valence-electron chi connectivity index (χ1n) is 10.5. The van der Waals surface area contributed by atoms with Gasteiger partial charge in [0.1, 0.15) is 23.8 Å². The molecule has 0 aliphatic carbocycles. The van der Waals surface area contributed by atoms with Crippen LogP contribution in [0.5, 0.6) is 0 Å². The van der Waals surface area contributed by atoms with Gasteiger partial charge in [-0.1, -0.05) is 0 Å². The van der Waals surface area contributed by atoms with E-state index in [1.165, 1.54) is 5.32 Å². The molecule has 170 valence electrons. The maximum Gasteiger partial charge on any atom is 0.519 e. The summed E-state index contributed by atoms with van der Waals surface area (Å²) in [4.78, 5) is 37.9. The Hall–Kier alpha value is -1.97. The van der Waals surface area contributed by atoms with Crippen molar-refractivity contribution in [3.63, 3.8) is 0 Å². The quantitative estimate of drug-likeness (QED) is 0.662. The highest BCUT2D eigenvalue weighted by molar-refractivity contribution is 5.82. The van der Waals surface area contributed by atoms with Crippen molar-refractivity contribution in [2.75, 3.05) is 26.8 Å². The van der Waals surface area contributed by atoms with Crippen LogP contribution in [-0.2, 0) is 19.0 Å². The number of hydrogen-bond donors (Lipinski definition) is 2. The van der Waals surface area contributed by atoms with Crippen LogP contribution in [0.15, 0.2) is 11.4 Å². The summed E-state index contributed by atoms with van der Waals surface area (Å²) < 4.78 is 16.2. The smallest absolute Gasteiger partial charge is 0.420 e. The van der Waals surface area contributed by atoms with Gasteiger partial charge in [-0.05, 0) is 54.4 Å². The second-order valence-corrected chi connectivity index (χ2v) is 9.72. The lowest BCUT2D eigenvalue weighted by atomic mass is 9.98. The van der Waals surface area contributed by atoms with E-state index in [9.17, 15) is 14.4 Å². The van der Waals surface area contributed by atoms with Crippen LogP contribution in [0, 0.1) is 0 Å². The zero-order valence-corrected chi connectivity index (χ0v) is 19.3.